The van der Waals surface area contributed by atoms with Gasteiger partial charge in [0.25, 0.3) is 0 Å². The number of carbonyl (C=O) groups excluding carboxylic acids is 1. The van der Waals surface area contributed by atoms with Crippen LogP contribution in [0.25, 0.3) is 0 Å². The van der Waals surface area contributed by atoms with Crippen LogP contribution in [-0.2, 0) is 4.79 Å². The molecule has 0 atom stereocenters. The van der Waals surface area contributed by atoms with E-state index in [1.165, 1.54) is 19.2 Å². The van der Waals surface area contributed by atoms with E-state index in [9.17, 15) is 9.59 Å². The van der Waals surface area contributed by atoms with Crippen molar-refractivity contribution in [3.05, 3.63) is 28.7 Å². The molecule has 0 saturated carbocycles. The van der Waals surface area contributed by atoms with E-state index >= 15 is 0 Å². The van der Waals surface area contributed by atoms with E-state index in [0.717, 1.165) is 0 Å². The molecule has 1 amide bonds. The van der Waals surface area contributed by atoms with Crippen molar-refractivity contribution in [2.24, 2.45) is 0 Å². The fourth-order valence-corrected chi connectivity index (χ4v) is 0.726. The Morgan fingerprint density at radius 3 is 2.91 bits per heavy atom. The minimum atomic E-state index is -0.226. The van der Waals surface area contributed by atoms with E-state index < -0.39 is 0 Å². The second kappa shape index (κ2) is 3.01. The number of aromatic amines is 1. The van der Waals surface area contributed by atoms with Crippen LogP contribution < -0.4 is 10.9 Å². The lowest BCUT2D eigenvalue weighted by atomic mass is 10.4. The summed E-state index contributed by atoms with van der Waals surface area (Å²) in [5.41, 5.74) is 0.289. The van der Waals surface area contributed by atoms with Crippen LogP contribution >= 0.6 is 0 Å². The van der Waals surface area contributed by atoms with Gasteiger partial charge >= 0.3 is 0 Å². The number of H-pyrrole nitrogens is 1. The molecule has 11 heavy (non-hydrogen) atoms. The number of nitrogens with one attached hydrogen (secondary N) is 2. The maximum absolute atomic E-state index is 10.7. The highest BCUT2D eigenvalue weighted by Crippen LogP contribution is 1.98. The van der Waals surface area contributed by atoms with Crippen molar-refractivity contribution in [3.63, 3.8) is 0 Å². The predicted molar refractivity (Wildman–Crippen MR) is 41.4 cm³/mol. The minimum Gasteiger partial charge on any atom is -0.329 e. The average molecular weight is 152 g/mol. The lowest BCUT2D eigenvalue weighted by Crippen LogP contribution is -2.10. The molecule has 0 aliphatic carbocycles. The first kappa shape index (κ1) is 7.53. The van der Waals surface area contributed by atoms with Gasteiger partial charge in [-0.3, -0.25) is 9.59 Å². The van der Waals surface area contributed by atoms with E-state index in [1.54, 1.807) is 6.07 Å². The highest BCUT2D eigenvalue weighted by atomic mass is 16.1. The van der Waals surface area contributed by atoms with Crippen LogP contribution in [0.15, 0.2) is 23.1 Å². The Hall–Kier alpha value is -1.58. The summed E-state index contributed by atoms with van der Waals surface area (Å²) in [5, 5.41) is 2.49. The third-order valence-corrected chi connectivity index (χ3v) is 1.10. The summed E-state index contributed by atoms with van der Waals surface area (Å²) in [6.45, 7) is 1.39. The van der Waals surface area contributed by atoms with Crippen LogP contribution in [0.1, 0.15) is 6.92 Å². The summed E-state index contributed by atoms with van der Waals surface area (Å²) in [6.07, 6.45) is 1.48. The van der Waals surface area contributed by atoms with Gasteiger partial charge in [-0.25, -0.2) is 0 Å². The number of hydrogen-bond donors (Lipinski definition) is 2. The van der Waals surface area contributed by atoms with Crippen molar-refractivity contribution in [1.82, 2.24) is 4.98 Å². The van der Waals surface area contributed by atoms with Crippen molar-refractivity contribution in [3.8, 4) is 0 Å². The molecule has 0 fully saturated rings. The second-order valence-electron chi connectivity index (χ2n) is 2.12. The number of amides is 1. The first-order chi connectivity index (χ1) is 5.18. The molecule has 0 aliphatic rings. The quantitative estimate of drug-likeness (QED) is 0.609. The number of anilines is 1. The van der Waals surface area contributed by atoms with Gasteiger partial charge in [-0.15, -0.1) is 0 Å². The van der Waals surface area contributed by atoms with Gasteiger partial charge in [-0.2, -0.15) is 0 Å². The lowest BCUT2D eigenvalue weighted by Gasteiger charge is -1.97. The highest BCUT2D eigenvalue weighted by Gasteiger charge is 1.93. The summed E-state index contributed by atoms with van der Waals surface area (Å²) in [5.74, 6) is -0.185. The number of carbonyl (C=O) groups is 1. The van der Waals surface area contributed by atoms with E-state index in [0.29, 0.717) is 5.69 Å². The Bertz CT molecular complexity index is 316. The Morgan fingerprint density at radius 2 is 2.36 bits per heavy atom. The zero-order chi connectivity index (χ0) is 8.27. The monoisotopic (exact) mass is 152 g/mol. The Labute approximate surface area is 63.3 Å². The lowest BCUT2D eigenvalue weighted by molar-refractivity contribution is -0.114. The SMILES string of the molecule is CC(=O)Nc1cc[nH]c(=O)c1. The fraction of sp³-hybridized carbons (Fsp3) is 0.143. The van der Waals surface area contributed by atoms with Crippen LogP contribution in [0.4, 0.5) is 5.69 Å². The van der Waals surface area contributed by atoms with Crippen LogP contribution in [0.2, 0.25) is 0 Å². The van der Waals surface area contributed by atoms with Crippen molar-refractivity contribution in [2.75, 3.05) is 5.32 Å². The summed E-state index contributed by atoms with van der Waals surface area (Å²) < 4.78 is 0. The number of pyridine rings is 1. The van der Waals surface area contributed by atoms with Crippen LogP contribution in [0.3, 0.4) is 0 Å². The Morgan fingerprint density at radius 1 is 1.64 bits per heavy atom. The molecular weight excluding hydrogens is 144 g/mol. The molecular formula is C7H8N2O2. The van der Waals surface area contributed by atoms with Crippen LogP contribution in [0.5, 0.6) is 0 Å². The van der Waals surface area contributed by atoms with Crippen LogP contribution in [-0.4, -0.2) is 10.9 Å². The van der Waals surface area contributed by atoms with Crippen molar-refractivity contribution in [2.45, 2.75) is 6.92 Å². The topological polar surface area (TPSA) is 62.0 Å². The van der Waals surface area contributed by atoms with Gasteiger partial charge in [0.2, 0.25) is 11.5 Å². The number of aromatic nitrogens is 1. The normalized spacial score (nSPS) is 9.18. The summed E-state index contributed by atoms with van der Waals surface area (Å²) in [4.78, 5) is 23.6. The smallest absolute Gasteiger partial charge is 0.249 e. The molecule has 58 valence electrons. The first-order valence-electron chi connectivity index (χ1n) is 3.15. The summed E-state index contributed by atoms with van der Waals surface area (Å²) in [7, 11) is 0. The second-order valence-corrected chi connectivity index (χ2v) is 2.12. The minimum absolute atomic E-state index is 0.185. The largest absolute Gasteiger partial charge is 0.329 e. The molecule has 0 aromatic carbocycles. The molecule has 0 radical (unpaired) electrons. The molecule has 0 aliphatic heterocycles. The maximum Gasteiger partial charge on any atom is 0.249 e. The predicted octanol–water partition coefficient (Wildman–Crippen LogP) is 0.333. The Balaban J connectivity index is 2.88. The zero-order valence-corrected chi connectivity index (χ0v) is 6.05. The first-order valence-corrected chi connectivity index (χ1v) is 3.15. The molecule has 4 heteroatoms. The highest BCUT2D eigenvalue weighted by molar-refractivity contribution is 5.88. The van der Waals surface area contributed by atoms with Gasteiger partial charge in [0, 0.05) is 24.9 Å². The summed E-state index contributed by atoms with van der Waals surface area (Å²) in [6, 6.07) is 2.93. The van der Waals surface area contributed by atoms with E-state index in [1.807, 2.05) is 0 Å². The van der Waals surface area contributed by atoms with Crippen molar-refractivity contribution >= 4 is 11.6 Å². The summed E-state index contributed by atoms with van der Waals surface area (Å²) >= 11 is 0. The molecule has 0 bridgehead atoms. The van der Waals surface area contributed by atoms with Gasteiger partial charge in [-0.1, -0.05) is 0 Å². The molecule has 4 nitrogen and oxygen atoms in total. The van der Waals surface area contributed by atoms with Crippen LogP contribution in [0, 0.1) is 0 Å². The molecule has 1 heterocycles. The number of rotatable bonds is 1. The van der Waals surface area contributed by atoms with E-state index in [4.69, 9.17) is 0 Å². The van der Waals surface area contributed by atoms with E-state index in [2.05, 4.69) is 10.3 Å². The van der Waals surface area contributed by atoms with Gasteiger partial charge < -0.3 is 10.3 Å². The molecule has 0 saturated heterocycles. The average Bonchev–Trinajstić information content (AvgIpc) is 1.85. The third-order valence-electron chi connectivity index (χ3n) is 1.10. The Kier molecular flexibility index (Phi) is 2.06. The molecule has 1 rings (SSSR count). The molecule has 1 aromatic heterocycles. The van der Waals surface area contributed by atoms with Gasteiger partial charge in [0.1, 0.15) is 0 Å². The molecule has 0 spiro atoms. The maximum atomic E-state index is 10.7. The standard InChI is InChI=1S/C7H8N2O2/c1-5(10)9-6-2-3-8-7(11)4-6/h2-4H,1H3,(H2,8,9,10,11). The third kappa shape index (κ3) is 2.25. The fourth-order valence-electron chi connectivity index (χ4n) is 0.726. The van der Waals surface area contributed by atoms with Crippen molar-refractivity contribution < 1.29 is 4.79 Å². The van der Waals surface area contributed by atoms with E-state index in [-0.39, 0.29) is 11.5 Å². The van der Waals surface area contributed by atoms with Gasteiger partial charge in [0.15, 0.2) is 0 Å². The zero-order valence-electron chi connectivity index (χ0n) is 6.05. The number of hydrogen-bond acceptors (Lipinski definition) is 2. The molecule has 2 N–H and O–H groups in total. The van der Waals surface area contributed by atoms with Gasteiger partial charge in [-0.05, 0) is 6.07 Å². The molecule has 0 unspecified atom stereocenters. The van der Waals surface area contributed by atoms with Crippen molar-refractivity contribution in [1.29, 1.82) is 0 Å². The molecule has 1 aromatic rings. The van der Waals surface area contributed by atoms with Gasteiger partial charge in [0.05, 0.1) is 0 Å².